The number of guanidine groups is 1. The number of ether oxygens (including phenoxy) is 1. The van der Waals surface area contributed by atoms with Gasteiger partial charge in [-0.1, -0.05) is 0 Å². The summed E-state index contributed by atoms with van der Waals surface area (Å²) in [5.41, 5.74) is 0. The molecule has 2 aliphatic heterocycles. The predicted octanol–water partition coefficient (Wildman–Crippen LogP) is 0.0300. The summed E-state index contributed by atoms with van der Waals surface area (Å²) in [5, 5.41) is 3.38. The van der Waals surface area contributed by atoms with Gasteiger partial charge in [0.25, 0.3) is 0 Å². The van der Waals surface area contributed by atoms with E-state index in [2.05, 4.69) is 22.0 Å². The van der Waals surface area contributed by atoms with Gasteiger partial charge in [0.1, 0.15) is 0 Å². The third-order valence-electron chi connectivity index (χ3n) is 5.09. The van der Waals surface area contributed by atoms with Gasteiger partial charge in [-0.3, -0.25) is 9.89 Å². The Balaban J connectivity index is 1.82. The molecule has 0 aromatic heterocycles. The summed E-state index contributed by atoms with van der Waals surface area (Å²) < 4.78 is 30.4. The molecule has 2 aliphatic rings. The Morgan fingerprint density at radius 3 is 2.65 bits per heavy atom. The number of nitrogens with zero attached hydrogens (tertiary/aromatic N) is 4. The molecule has 0 bridgehead atoms. The lowest BCUT2D eigenvalue weighted by atomic mass is 10.2. The maximum atomic E-state index is 11.8. The number of rotatable bonds is 8. The van der Waals surface area contributed by atoms with Gasteiger partial charge in [-0.25, -0.2) is 12.7 Å². The maximum absolute atomic E-state index is 11.8. The molecule has 26 heavy (non-hydrogen) atoms. The van der Waals surface area contributed by atoms with Gasteiger partial charge in [0.15, 0.2) is 5.96 Å². The van der Waals surface area contributed by atoms with Gasteiger partial charge in [0.2, 0.25) is 10.0 Å². The van der Waals surface area contributed by atoms with Gasteiger partial charge < -0.3 is 15.0 Å². The lowest BCUT2D eigenvalue weighted by molar-refractivity contribution is 0.0195. The first-order valence-corrected chi connectivity index (χ1v) is 11.4. The maximum Gasteiger partial charge on any atom is 0.213 e. The number of hydrogen-bond donors (Lipinski definition) is 1. The van der Waals surface area contributed by atoms with Crippen molar-refractivity contribution in [1.29, 1.82) is 0 Å². The van der Waals surface area contributed by atoms with Crippen molar-refractivity contribution in [3.05, 3.63) is 0 Å². The van der Waals surface area contributed by atoms with Crippen LogP contribution in [0, 0.1) is 0 Å². The van der Waals surface area contributed by atoms with E-state index in [1.807, 2.05) is 0 Å². The summed E-state index contributed by atoms with van der Waals surface area (Å²) in [6.45, 7) is 11.4. The zero-order valence-corrected chi connectivity index (χ0v) is 17.3. The van der Waals surface area contributed by atoms with Crippen LogP contribution in [0.4, 0.5) is 0 Å². The second kappa shape index (κ2) is 10.4. The van der Waals surface area contributed by atoms with Crippen LogP contribution in [0.3, 0.4) is 0 Å². The molecule has 1 atom stereocenters. The van der Waals surface area contributed by atoms with Crippen LogP contribution in [0.25, 0.3) is 0 Å². The van der Waals surface area contributed by atoms with E-state index in [1.54, 1.807) is 14.0 Å². The molecule has 2 heterocycles. The first-order valence-electron chi connectivity index (χ1n) is 9.77. The van der Waals surface area contributed by atoms with Crippen molar-refractivity contribution in [3.63, 3.8) is 0 Å². The van der Waals surface area contributed by atoms with Crippen molar-refractivity contribution in [3.8, 4) is 0 Å². The van der Waals surface area contributed by atoms with E-state index in [0.717, 1.165) is 64.7 Å². The SMILES string of the molecule is CCNC(=NCCCN(C)S(=O)(=O)CC)N1CCC(N2CCOCC2)C1. The summed E-state index contributed by atoms with van der Waals surface area (Å²) >= 11 is 0. The number of nitrogens with one attached hydrogen (secondary N) is 1. The van der Waals surface area contributed by atoms with Crippen molar-refractivity contribution in [2.75, 3.05) is 71.8 Å². The summed E-state index contributed by atoms with van der Waals surface area (Å²) in [6.07, 6.45) is 1.88. The lowest BCUT2D eigenvalue weighted by Gasteiger charge is -2.32. The molecule has 1 unspecified atom stereocenters. The molecule has 0 spiro atoms. The van der Waals surface area contributed by atoms with E-state index in [0.29, 0.717) is 19.1 Å². The normalized spacial score (nSPS) is 23.0. The number of likely N-dealkylation sites (tertiary alicyclic amines) is 1. The fourth-order valence-corrected chi connectivity index (χ4v) is 4.29. The molecular weight excluding hydrogens is 354 g/mol. The van der Waals surface area contributed by atoms with Gasteiger partial charge in [0.05, 0.1) is 19.0 Å². The zero-order chi connectivity index (χ0) is 19.0. The quantitative estimate of drug-likeness (QED) is 0.359. The Morgan fingerprint density at radius 1 is 1.27 bits per heavy atom. The number of aliphatic imine (C=N–C) groups is 1. The van der Waals surface area contributed by atoms with E-state index in [9.17, 15) is 8.42 Å². The standard InChI is InChI=1S/C17H35N5O3S/c1-4-18-17(19-8-6-9-20(3)26(23,24)5-2)22-10-7-16(15-22)21-11-13-25-14-12-21/h16H,4-15H2,1-3H3,(H,18,19). The Kier molecular flexibility index (Phi) is 8.59. The highest BCUT2D eigenvalue weighted by Gasteiger charge is 2.30. The highest BCUT2D eigenvalue weighted by molar-refractivity contribution is 7.89. The highest BCUT2D eigenvalue weighted by Crippen LogP contribution is 2.17. The van der Waals surface area contributed by atoms with Crippen molar-refractivity contribution >= 4 is 16.0 Å². The molecule has 9 heteroatoms. The molecule has 0 saturated carbocycles. The molecule has 0 aromatic carbocycles. The molecule has 8 nitrogen and oxygen atoms in total. The molecule has 2 saturated heterocycles. The fourth-order valence-electron chi connectivity index (χ4n) is 3.44. The van der Waals surface area contributed by atoms with Crippen LogP contribution in [0.2, 0.25) is 0 Å². The van der Waals surface area contributed by atoms with Gasteiger partial charge in [-0.2, -0.15) is 0 Å². The van der Waals surface area contributed by atoms with E-state index >= 15 is 0 Å². The van der Waals surface area contributed by atoms with Crippen LogP contribution >= 0.6 is 0 Å². The molecule has 2 fully saturated rings. The van der Waals surface area contributed by atoms with Gasteiger partial charge in [0, 0.05) is 58.9 Å². The highest BCUT2D eigenvalue weighted by atomic mass is 32.2. The fraction of sp³-hybridized carbons (Fsp3) is 0.941. The second-order valence-electron chi connectivity index (χ2n) is 6.85. The number of sulfonamides is 1. The predicted molar refractivity (Wildman–Crippen MR) is 105 cm³/mol. The third kappa shape index (κ3) is 6.07. The molecular formula is C17H35N5O3S. The summed E-state index contributed by atoms with van der Waals surface area (Å²) in [4.78, 5) is 9.58. The first kappa shape index (κ1) is 21.4. The van der Waals surface area contributed by atoms with Crippen molar-refractivity contribution < 1.29 is 13.2 Å². The summed E-state index contributed by atoms with van der Waals surface area (Å²) in [6, 6.07) is 0.573. The van der Waals surface area contributed by atoms with E-state index < -0.39 is 10.0 Å². The van der Waals surface area contributed by atoms with Crippen LogP contribution in [0.1, 0.15) is 26.7 Å². The third-order valence-corrected chi connectivity index (χ3v) is 6.95. The first-order chi connectivity index (χ1) is 12.5. The monoisotopic (exact) mass is 389 g/mol. The Hall–Kier alpha value is -0.900. The number of morpholine rings is 1. The smallest absolute Gasteiger partial charge is 0.213 e. The average molecular weight is 390 g/mol. The molecule has 0 amide bonds. The van der Waals surface area contributed by atoms with E-state index in [1.165, 1.54) is 4.31 Å². The van der Waals surface area contributed by atoms with Crippen LogP contribution in [-0.2, 0) is 14.8 Å². The van der Waals surface area contributed by atoms with E-state index in [-0.39, 0.29) is 5.75 Å². The molecule has 152 valence electrons. The topological polar surface area (TPSA) is 77.5 Å². The molecule has 0 aliphatic carbocycles. The van der Waals surface area contributed by atoms with Gasteiger partial charge in [-0.15, -0.1) is 0 Å². The summed E-state index contributed by atoms with van der Waals surface area (Å²) in [5.74, 6) is 1.09. The minimum atomic E-state index is -3.10. The van der Waals surface area contributed by atoms with Crippen LogP contribution in [-0.4, -0.2) is 106 Å². The number of hydrogen-bond acceptors (Lipinski definition) is 5. The molecule has 1 N–H and O–H groups in total. The van der Waals surface area contributed by atoms with Gasteiger partial charge >= 0.3 is 0 Å². The van der Waals surface area contributed by atoms with E-state index in [4.69, 9.17) is 9.73 Å². The van der Waals surface area contributed by atoms with Gasteiger partial charge in [-0.05, 0) is 26.7 Å². The lowest BCUT2D eigenvalue weighted by Crippen LogP contribution is -2.46. The Bertz CT molecular complexity index is 549. The minimum Gasteiger partial charge on any atom is -0.379 e. The largest absolute Gasteiger partial charge is 0.379 e. The second-order valence-corrected chi connectivity index (χ2v) is 9.21. The zero-order valence-electron chi connectivity index (χ0n) is 16.5. The van der Waals surface area contributed by atoms with Crippen LogP contribution < -0.4 is 5.32 Å². The Morgan fingerprint density at radius 2 is 2.00 bits per heavy atom. The van der Waals surface area contributed by atoms with Crippen LogP contribution in [0.15, 0.2) is 4.99 Å². The minimum absolute atomic E-state index is 0.145. The summed E-state index contributed by atoms with van der Waals surface area (Å²) in [7, 11) is -1.46. The van der Waals surface area contributed by atoms with Crippen LogP contribution in [0.5, 0.6) is 0 Å². The van der Waals surface area contributed by atoms with Crippen molar-refractivity contribution in [2.24, 2.45) is 4.99 Å². The van der Waals surface area contributed by atoms with Crippen molar-refractivity contribution in [1.82, 2.24) is 19.4 Å². The molecule has 0 aromatic rings. The molecule has 2 rings (SSSR count). The van der Waals surface area contributed by atoms with Crippen molar-refractivity contribution in [2.45, 2.75) is 32.7 Å². The average Bonchev–Trinajstić information content (AvgIpc) is 3.14. The Labute approximate surface area is 158 Å². The molecule has 0 radical (unpaired) electrons.